The molecule has 0 bridgehead atoms. The number of nitrogens with zero attached hydrogens (tertiary/aromatic N) is 2. The van der Waals surface area contributed by atoms with Crippen LogP contribution in [0.15, 0.2) is 77.7 Å². The van der Waals surface area contributed by atoms with E-state index in [0.717, 1.165) is 15.4 Å². The summed E-state index contributed by atoms with van der Waals surface area (Å²) in [4.78, 5) is 28.0. The molecule has 0 aliphatic heterocycles. The van der Waals surface area contributed by atoms with Gasteiger partial charge in [-0.2, -0.15) is 0 Å². The monoisotopic (exact) mass is 553 g/mol. The Labute approximate surface area is 230 Å². The van der Waals surface area contributed by atoms with E-state index < -0.39 is 28.5 Å². The van der Waals surface area contributed by atoms with Crippen molar-refractivity contribution in [1.82, 2.24) is 10.2 Å². The minimum absolute atomic E-state index is 0.0681. The molecule has 3 rings (SSSR count). The van der Waals surface area contributed by atoms with Gasteiger partial charge in [-0.15, -0.1) is 0 Å². The number of benzene rings is 3. The number of carbonyl (C=O) groups is 2. The summed E-state index contributed by atoms with van der Waals surface area (Å²) in [6.45, 7) is 3.33. The Kier molecular flexibility index (Phi) is 9.95. The number of amides is 2. The van der Waals surface area contributed by atoms with Crippen molar-refractivity contribution in [2.24, 2.45) is 0 Å². The standard InChI is InChI=1S/C29H35N3O6S/c1-6-25(29(34)30-3)31(19-22-10-8-7-9-11-22)28(33)20-32(23-14-12-21(2)13-15-23)39(35,36)24-16-17-26(37-4)27(18-24)38-5/h7-18,25H,6,19-20H2,1-5H3,(H,30,34). The minimum atomic E-state index is -4.23. The average molecular weight is 554 g/mol. The van der Waals surface area contributed by atoms with Gasteiger partial charge in [0, 0.05) is 19.7 Å². The van der Waals surface area contributed by atoms with Gasteiger partial charge in [0.05, 0.1) is 24.8 Å². The molecule has 1 N–H and O–H groups in total. The highest BCUT2D eigenvalue weighted by atomic mass is 32.2. The number of anilines is 1. The predicted molar refractivity (Wildman–Crippen MR) is 150 cm³/mol. The Balaban J connectivity index is 2.08. The van der Waals surface area contributed by atoms with Crippen molar-refractivity contribution >= 4 is 27.5 Å². The lowest BCUT2D eigenvalue weighted by Crippen LogP contribution is -2.51. The fourth-order valence-corrected chi connectivity index (χ4v) is 5.64. The van der Waals surface area contributed by atoms with Gasteiger partial charge in [-0.25, -0.2) is 8.42 Å². The molecule has 0 saturated carbocycles. The smallest absolute Gasteiger partial charge is 0.264 e. The van der Waals surface area contributed by atoms with Crippen molar-refractivity contribution in [2.45, 2.75) is 37.8 Å². The molecule has 0 fully saturated rings. The number of methoxy groups -OCH3 is 2. The van der Waals surface area contributed by atoms with Crippen LogP contribution in [0.5, 0.6) is 11.5 Å². The van der Waals surface area contributed by atoms with Crippen molar-refractivity contribution < 1.29 is 27.5 Å². The van der Waals surface area contributed by atoms with Gasteiger partial charge in [-0.1, -0.05) is 55.0 Å². The second kappa shape index (κ2) is 13.1. The molecule has 0 radical (unpaired) electrons. The lowest BCUT2D eigenvalue weighted by atomic mass is 10.1. The summed E-state index contributed by atoms with van der Waals surface area (Å²) in [6, 6.07) is 19.6. The number of hydrogen-bond donors (Lipinski definition) is 1. The Morgan fingerprint density at radius 3 is 2.13 bits per heavy atom. The SMILES string of the molecule is CCC(C(=O)NC)N(Cc1ccccc1)C(=O)CN(c1ccc(C)cc1)S(=O)(=O)c1ccc(OC)c(OC)c1. The van der Waals surface area contributed by atoms with Crippen LogP contribution in [0, 0.1) is 6.92 Å². The fourth-order valence-electron chi connectivity index (χ4n) is 4.21. The van der Waals surface area contributed by atoms with Crippen molar-refractivity contribution in [3.63, 3.8) is 0 Å². The van der Waals surface area contributed by atoms with Crippen LogP contribution in [-0.4, -0.2) is 59.0 Å². The van der Waals surface area contributed by atoms with Crippen molar-refractivity contribution in [3.8, 4) is 11.5 Å². The number of carbonyl (C=O) groups excluding carboxylic acids is 2. The maximum Gasteiger partial charge on any atom is 0.264 e. The molecule has 0 aliphatic rings. The Bertz CT molecular complexity index is 1380. The molecule has 208 valence electrons. The molecule has 3 aromatic carbocycles. The normalized spacial score (nSPS) is 11.8. The molecule has 0 aromatic heterocycles. The Hall–Kier alpha value is -4.05. The number of aryl methyl sites for hydroxylation is 1. The first-order chi connectivity index (χ1) is 18.7. The highest BCUT2D eigenvalue weighted by Crippen LogP contribution is 2.32. The van der Waals surface area contributed by atoms with Crippen molar-refractivity contribution in [2.75, 3.05) is 32.1 Å². The zero-order valence-electron chi connectivity index (χ0n) is 22.9. The quantitative estimate of drug-likeness (QED) is 0.366. The summed E-state index contributed by atoms with van der Waals surface area (Å²) in [5, 5.41) is 2.62. The molecule has 2 amide bonds. The molecule has 1 atom stereocenters. The van der Waals surface area contributed by atoms with Gasteiger partial charge >= 0.3 is 0 Å². The molecular weight excluding hydrogens is 518 g/mol. The summed E-state index contributed by atoms with van der Waals surface area (Å²) in [5.74, 6) is -0.227. The third-order valence-electron chi connectivity index (χ3n) is 6.37. The molecular formula is C29H35N3O6S. The highest BCUT2D eigenvalue weighted by Gasteiger charge is 2.33. The molecule has 0 spiro atoms. The van der Waals surface area contributed by atoms with E-state index in [-0.39, 0.29) is 23.1 Å². The molecule has 9 nitrogen and oxygen atoms in total. The second-order valence-electron chi connectivity index (χ2n) is 8.91. The molecule has 0 aliphatic carbocycles. The highest BCUT2D eigenvalue weighted by molar-refractivity contribution is 7.92. The maximum atomic E-state index is 14.0. The molecule has 39 heavy (non-hydrogen) atoms. The van der Waals surface area contributed by atoms with E-state index in [9.17, 15) is 18.0 Å². The number of rotatable bonds is 12. The van der Waals surface area contributed by atoms with Crippen LogP contribution in [0.25, 0.3) is 0 Å². The third-order valence-corrected chi connectivity index (χ3v) is 8.14. The van der Waals surface area contributed by atoms with E-state index in [4.69, 9.17) is 9.47 Å². The number of nitrogens with one attached hydrogen (secondary N) is 1. The summed E-state index contributed by atoms with van der Waals surface area (Å²) in [5.41, 5.74) is 2.07. The summed E-state index contributed by atoms with van der Waals surface area (Å²) in [7, 11) is 0.153. The van der Waals surface area contributed by atoms with Crippen LogP contribution in [0.1, 0.15) is 24.5 Å². The van der Waals surface area contributed by atoms with Crippen LogP contribution < -0.4 is 19.1 Å². The average Bonchev–Trinajstić information content (AvgIpc) is 2.96. The molecule has 10 heteroatoms. The van der Waals surface area contributed by atoms with E-state index in [1.165, 1.54) is 44.4 Å². The van der Waals surface area contributed by atoms with Crippen LogP contribution in [0.4, 0.5) is 5.69 Å². The second-order valence-corrected chi connectivity index (χ2v) is 10.8. The van der Waals surface area contributed by atoms with Crippen molar-refractivity contribution in [1.29, 1.82) is 0 Å². The number of likely N-dealkylation sites (N-methyl/N-ethyl adjacent to an activating group) is 1. The van der Waals surface area contributed by atoms with Gasteiger partial charge in [-0.05, 0) is 43.2 Å². The van der Waals surface area contributed by atoms with Crippen LogP contribution >= 0.6 is 0 Å². The van der Waals surface area contributed by atoms with Crippen molar-refractivity contribution in [3.05, 3.63) is 83.9 Å². The maximum absolute atomic E-state index is 14.0. The van der Waals surface area contributed by atoms with E-state index in [1.807, 2.05) is 44.2 Å². The lowest BCUT2D eigenvalue weighted by molar-refractivity contribution is -0.140. The van der Waals surface area contributed by atoms with Gasteiger partial charge in [0.2, 0.25) is 11.8 Å². The first-order valence-corrected chi connectivity index (χ1v) is 14.0. The van der Waals surface area contributed by atoms with Gasteiger partial charge in [0.15, 0.2) is 11.5 Å². The predicted octanol–water partition coefficient (Wildman–Crippen LogP) is 3.76. The van der Waals surface area contributed by atoms with E-state index in [0.29, 0.717) is 17.9 Å². The number of hydrogen-bond acceptors (Lipinski definition) is 6. The molecule has 1 unspecified atom stereocenters. The summed E-state index contributed by atoms with van der Waals surface area (Å²) >= 11 is 0. The number of sulfonamides is 1. The summed E-state index contributed by atoms with van der Waals surface area (Å²) < 4.78 is 39.7. The van der Waals surface area contributed by atoms with Crippen LogP contribution in [0.2, 0.25) is 0 Å². The molecule has 0 heterocycles. The topological polar surface area (TPSA) is 105 Å². The first kappa shape index (κ1) is 29.5. The van der Waals surface area contributed by atoms with Gasteiger partial charge in [0.25, 0.3) is 10.0 Å². The van der Waals surface area contributed by atoms with Crippen LogP contribution in [-0.2, 0) is 26.2 Å². The van der Waals surface area contributed by atoms with Crippen LogP contribution in [0.3, 0.4) is 0 Å². The zero-order chi connectivity index (χ0) is 28.6. The van der Waals surface area contributed by atoms with E-state index in [1.54, 1.807) is 24.3 Å². The van der Waals surface area contributed by atoms with E-state index >= 15 is 0 Å². The lowest BCUT2D eigenvalue weighted by Gasteiger charge is -2.33. The van der Waals surface area contributed by atoms with E-state index in [2.05, 4.69) is 5.32 Å². The molecule has 0 saturated heterocycles. The Morgan fingerprint density at radius 2 is 1.56 bits per heavy atom. The fraction of sp³-hybridized carbons (Fsp3) is 0.310. The van der Waals surface area contributed by atoms with Gasteiger partial charge < -0.3 is 19.7 Å². The largest absolute Gasteiger partial charge is 0.493 e. The van der Waals surface area contributed by atoms with Gasteiger partial charge in [0.1, 0.15) is 12.6 Å². The summed E-state index contributed by atoms with van der Waals surface area (Å²) in [6.07, 6.45) is 0.352. The third kappa shape index (κ3) is 6.88. The zero-order valence-corrected chi connectivity index (χ0v) is 23.7. The molecule has 3 aromatic rings. The first-order valence-electron chi connectivity index (χ1n) is 12.5. The Morgan fingerprint density at radius 1 is 0.923 bits per heavy atom. The minimum Gasteiger partial charge on any atom is -0.493 e. The number of ether oxygens (including phenoxy) is 2. The van der Waals surface area contributed by atoms with Gasteiger partial charge in [-0.3, -0.25) is 13.9 Å².